The lowest BCUT2D eigenvalue weighted by Gasteiger charge is -2.40. The average molecular weight is 659 g/mol. The maximum Gasteiger partial charge on any atom is 0.224 e. The molecular formula is C40H50O8. The SMILES string of the molecule is CC(C)C1=C(O)C(=O)C2=CC3=C(CCC4=C5C=C6C(=O)C(O)=C(C(C)C)[C@@]6(C)CC[C@]5(C)C[C@@H](O)C4=O)C(=O)[C@H](O)C[C@@]3(C)CC[C@@]21C. The van der Waals surface area contributed by atoms with Gasteiger partial charge < -0.3 is 20.4 Å². The summed E-state index contributed by atoms with van der Waals surface area (Å²) < 4.78 is 0. The Morgan fingerprint density at radius 2 is 0.958 bits per heavy atom. The summed E-state index contributed by atoms with van der Waals surface area (Å²) in [6.07, 6.45) is 3.95. The second-order valence-electron chi connectivity index (χ2n) is 16.8. The molecule has 0 amide bonds. The minimum atomic E-state index is -1.24. The van der Waals surface area contributed by atoms with Crippen LogP contribution in [0, 0.1) is 33.5 Å². The zero-order chi connectivity index (χ0) is 35.5. The van der Waals surface area contributed by atoms with Gasteiger partial charge in [-0.3, -0.25) is 19.2 Å². The smallest absolute Gasteiger partial charge is 0.224 e. The predicted octanol–water partition coefficient (Wildman–Crippen LogP) is 6.59. The molecule has 0 saturated heterocycles. The van der Waals surface area contributed by atoms with Crippen molar-refractivity contribution in [1.29, 1.82) is 0 Å². The molecule has 258 valence electrons. The summed E-state index contributed by atoms with van der Waals surface area (Å²) in [5, 5.41) is 44.0. The summed E-state index contributed by atoms with van der Waals surface area (Å²) in [6, 6.07) is 0. The van der Waals surface area contributed by atoms with Gasteiger partial charge in [0.25, 0.3) is 0 Å². The second-order valence-corrected chi connectivity index (χ2v) is 16.8. The minimum absolute atomic E-state index is 0.0686. The zero-order valence-corrected chi connectivity index (χ0v) is 29.5. The number of aliphatic hydroxyl groups excluding tert-OH is 4. The van der Waals surface area contributed by atoms with Gasteiger partial charge in [0.1, 0.15) is 12.2 Å². The fourth-order valence-electron chi connectivity index (χ4n) is 10.4. The monoisotopic (exact) mass is 658 g/mol. The lowest BCUT2D eigenvalue weighted by atomic mass is 9.64. The van der Waals surface area contributed by atoms with E-state index >= 15 is 0 Å². The number of aliphatic hydroxyl groups is 4. The number of allylic oxidation sites excluding steroid dienone is 8. The molecule has 6 rings (SSSR count). The van der Waals surface area contributed by atoms with E-state index in [0.717, 1.165) is 0 Å². The van der Waals surface area contributed by atoms with Gasteiger partial charge in [0, 0.05) is 33.1 Å². The lowest BCUT2D eigenvalue weighted by Crippen LogP contribution is -2.39. The summed E-state index contributed by atoms with van der Waals surface area (Å²) in [7, 11) is 0. The fraction of sp³-hybridized carbons (Fsp3) is 0.600. The molecule has 0 saturated carbocycles. The van der Waals surface area contributed by atoms with Crippen molar-refractivity contribution < 1.29 is 39.6 Å². The third kappa shape index (κ3) is 4.68. The van der Waals surface area contributed by atoms with Crippen LogP contribution in [0.3, 0.4) is 0 Å². The molecule has 8 heteroatoms. The molecule has 0 aromatic carbocycles. The molecule has 8 nitrogen and oxygen atoms in total. The molecule has 0 radical (unpaired) electrons. The summed E-state index contributed by atoms with van der Waals surface area (Å²) in [5.41, 5.74) is 1.64. The molecule has 0 fully saturated rings. The van der Waals surface area contributed by atoms with E-state index in [4.69, 9.17) is 0 Å². The van der Waals surface area contributed by atoms with E-state index < -0.39 is 57.0 Å². The third-order valence-corrected chi connectivity index (χ3v) is 13.0. The van der Waals surface area contributed by atoms with Crippen LogP contribution in [0.1, 0.15) is 107 Å². The maximum absolute atomic E-state index is 13.8. The quantitative estimate of drug-likeness (QED) is 0.258. The molecule has 0 aromatic heterocycles. The Hall–Kier alpha value is -3.36. The number of carbonyl (C=O) groups is 4. The number of ketones is 4. The van der Waals surface area contributed by atoms with Gasteiger partial charge in [-0.15, -0.1) is 0 Å². The Labute approximate surface area is 283 Å². The summed E-state index contributed by atoms with van der Waals surface area (Å²) in [6.45, 7) is 15.8. The van der Waals surface area contributed by atoms with Gasteiger partial charge in [0.2, 0.25) is 11.6 Å². The number of hydrogen-bond donors (Lipinski definition) is 4. The van der Waals surface area contributed by atoms with E-state index in [9.17, 15) is 39.6 Å². The van der Waals surface area contributed by atoms with Gasteiger partial charge in [0.05, 0.1) is 0 Å². The first-order valence-corrected chi connectivity index (χ1v) is 17.5. The highest BCUT2D eigenvalue weighted by Gasteiger charge is 2.55. The van der Waals surface area contributed by atoms with Crippen molar-refractivity contribution in [3.05, 3.63) is 68.3 Å². The summed E-state index contributed by atoms with van der Waals surface area (Å²) in [4.78, 5) is 54.6. The van der Waals surface area contributed by atoms with Crippen LogP contribution < -0.4 is 0 Å². The van der Waals surface area contributed by atoms with Gasteiger partial charge in [-0.2, -0.15) is 0 Å². The van der Waals surface area contributed by atoms with Gasteiger partial charge in [0.15, 0.2) is 23.1 Å². The molecule has 48 heavy (non-hydrogen) atoms. The Bertz CT molecular complexity index is 1630. The zero-order valence-electron chi connectivity index (χ0n) is 29.5. The van der Waals surface area contributed by atoms with Gasteiger partial charge in [-0.1, -0.05) is 55.4 Å². The van der Waals surface area contributed by atoms with Crippen molar-refractivity contribution in [2.75, 3.05) is 0 Å². The van der Waals surface area contributed by atoms with Crippen molar-refractivity contribution in [2.45, 2.75) is 119 Å². The summed E-state index contributed by atoms with van der Waals surface area (Å²) >= 11 is 0. The van der Waals surface area contributed by atoms with Crippen LogP contribution in [0.5, 0.6) is 0 Å². The van der Waals surface area contributed by atoms with Crippen molar-refractivity contribution in [1.82, 2.24) is 0 Å². The molecule has 6 aliphatic carbocycles. The highest BCUT2D eigenvalue weighted by molar-refractivity contribution is 6.13. The minimum Gasteiger partial charge on any atom is -0.504 e. The Balaban J connectivity index is 1.49. The summed E-state index contributed by atoms with van der Waals surface area (Å²) in [5.74, 6) is -2.35. The highest BCUT2D eigenvalue weighted by atomic mass is 16.3. The highest BCUT2D eigenvalue weighted by Crippen LogP contribution is 2.60. The lowest BCUT2D eigenvalue weighted by molar-refractivity contribution is -0.127. The van der Waals surface area contributed by atoms with Crippen molar-refractivity contribution in [3.63, 3.8) is 0 Å². The van der Waals surface area contributed by atoms with Crippen LogP contribution in [-0.4, -0.2) is 55.8 Å². The van der Waals surface area contributed by atoms with Crippen LogP contribution in [-0.2, 0) is 19.2 Å². The molecule has 0 unspecified atom stereocenters. The van der Waals surface area contributed by atoms with Crippen LogP contribution in [0.25, 0.3) is 0 Å². The van der Waals surface area contributed by atoms with E-state index in [1.165, 1.54) is 0 Å². The number of rotatable bonds is 5. The molecule has 0 bridgehead atoms. The average Bonchev–Trinajstić information content (AvgIpc) is 3.17. The molecule has 6 atom stereocenters. The van der Waals surface area contributed by atoms with Crippen LogP contribution in [0.4, 0.5) is 0 Å². The molecule has 4 N–H and O–H groups in total. The van der Waals surface area contributed by atoms with Crippen molar-refractivity contribution in [3.8, 4) is 0 Å². The first kappa shape index (κ1) is 34.5. The normalized spacial score (nSPS) is 37.2. The standard InChI is InChI=1S/C40H50O8/c1-19(2)29-35(47)33(45)25-15-23-21(31(43)27(41)17-37(23,5)11-13-39(25,29)7)9-10-22-24-16-26-34(46)36(48)30(20(3)4)40(26,8)14-12-38(24,6)18-28(42)32(22)44/h15-16,19-20,27-28,41-42,47-48H,9-14,17-18H2,1-8H3/t27-,28-,37-,38-,39+,40+/m1/s1. The Kier molecular flexibility index (Phi) is 7.96. The van der Waals surface area contributed by atoms with Crippen molar-refractivity contribution >= 4 is 23.1 Å². The van der Waals surface area contributed by atoms with E-state index in [-0.39, 0.29) is 49.0 Å². The first-order valence-electron chi connectivity index (χ1n) is 17.5. The number of carbonyl (C=O) groups excluding carboxylic acids is 4. The van der Waals surface area contributed by atoms with Crippen LogP contribution >= 0.6 is 0 Å². The molecule has 0 aromatic rings. The van der Waals surface area contributed by atoms with E-state index in [1.54, 1.807) is 12.2 Å². The molecular weight excluding hydrogens is 608 g/mol. The number of Topliss-reactive ketones (excluding diaryl/α,β-unsaturated/α-hetero) is 4. The first-order chi connectivity index (χ1) is 22.2. The number of hydrogen-bond acceptors (Lipinski definition) is 8. The van der Waals surface area contributed by atoms with Crippen LogP contribution in [0.15, 0.2) is 68.3 Å². The fourth-order valence-corrected chi connectivity index (χ4v) is 10.4. The second kappa shape index (κ2) is 11.1. The Morgan fingerprint density at radius 1 is 0.625 bits per heavy atom. The van der Waals surface area contributed by atoms with E-state index in [0.29, 0.717) is 70.3 Å². The van der Waals surface area contributed by atoms with Gasteiger partial charge in [-0.05, 0) is 108 Å². The maximum atomic E-state index is 13.8. The van der Waals surface area contributed by atoms with Gasteiger partial charge in [-0.25, -0.2) is 0 Å². The predicted molar refractivity (Wildman–Crippen MR) is 181 cm³/mol. The van der Waals surface area contributed by atoms with Crippen LogP contribution in [0.2, 0.25) is 0 Å². The molecule has 0 aliphatic heterocycles. The number of fused-ring (bicyclic) bond motifs is 4. The Morgan fingerprint density at radius 3 is 1.27 bits per heavy atom. The van der Waals surface area contributed by atoms with Gasteiger partial charge >= 0.3 is 0 Å². The van der Waals surface area contributed by atoms with E-state index in [2.05, 4.69) is 0 Å². The topological polar surface area (TPSA) is 149 Å². The molecule has 6 aliphatic rings. The molecule has 0 spiro atoms. The molecule has 0 heterocycles. The third-order valence-electron chi connectivity index (χ3n) is 13.0. The van der Waals surface area contributed by atoms with Crippen molar-refractivity contribution in [2.24, 2.45) is 33.5 Å². The van der Waals surface area contributed by atoms with E-state index in [1.807, 2.05) is 55.4 Å². The largest absolute Gasteiger partial charge is 0.504 e.